The largest absolute Gasteiger partial charge is 0.491 e. The van der Waals surface area contributed by atoms with Crippen LogP contribution in [0.2, 0.25) is 19.1 Å². The van der Waals surface area contributed by atoms with Gasteiger partial charge >= 0.3 is 0 Å². The highest BCUT2D eigenvalue weighted by atomic mass is 35.6. The third kappa shape index (κ3) is 8.24. The van der Waals surface area contributed by atoms with Crippen LogP contribution in [0.5, 0.6) is 5.75 Å². The Labute approximate surface area is 110 Å². The SMILES string of the molecule is C[Si](C)(Cl)CCCOCCOc1ccccc1. The molecule has 0 saturated carbocycles. The van der Waals surface area contributed by atoms with Crippen LogP contribution < -0.4 is 4.74 Å². The molecule has 0 fully saturated rings. The van der Waals surface area contributed by atoms with E-state index in [1.165, 1.54) is 0 Å². The monoisotopic (exact) mass is 272 g/mol. The van der Waals surface area contributed by atoms with Gasteiger partial charge < -0.3 is 9.47 Å². The Kier molecular flexibility index (Phi) is 6.63. The van der Waals surface area contributed by atoms with Crippen molar-refractivity contribution in [2.75, 3.05) is 19.8 Å². The van der Waals surface area contributed by atoms with Gasteiger partial charge in [-0.15, -0.1) is 0 Å². The van der Waals surface area contributed by atoms with E-state index in [0.717, 1.165) is 24.8 Å². The van der Waals surface area contributed by atoms with E-state index in [1.54, 1.807) is 0 Å². The summed E-state index contributed by atoms with van der Waals surface area (Å²) < 4.78 is 11.0. The molecule has 0 aliphatic carbocycles. The van der Waals surface area contributed by atoms with Gasteiger partial charge in [0.05, 0.1) is 6.61 Å². The third-order valence-corrected chi connectivity index (χ3v) is 4.41. The van der Waals surface area contributed by atoms with Gasteiger partial charge in [0.2, 0.25) is 0 Å². The fourth-order valence-corrected chi connectivity index (χ4v) is 2.82. The molecule has 0 bridgehead atoms. The number of rotatable bonds is 8. The lowest BCUT2D eigenvalue weighted by Crippen LogP contribution is -2.17. The molecule has 0 spiro atoms. The fraction of sp³-hybridized carbons (Fsp3) is 0.538. The fourth-order valence-electron chi connectivity index (χ4n) is 1.43. The molecule has 17 heavy (non-hydrogen) atoms. The molecule has 1 rings (SSSR count). The van der Waals surface area contributed by atoms with E-state index in [2.05, 4.69) is 13.1 Å². The molecular formula is C13H21ClO2Si. The van der Waals surface area contributed by atoms with Gasteiger partial charge in [0.25, 0.3) is 0 Å². The maximum absolute atomic E-state index is 6.21. The average Bonchev–Trinajstić information content (AvgIpc) is 2.28. The molecule has 0 heterocycles. The van der Waals surface area contributed by atoms with Crippen LogP contribution in [0.4, 0.5) is 0 Å². The van der Waals surface area contributed by atoms with Crippen LogP contribution in [-0.2, 0) is 4.74 Å². The molecule has 0 unspecified atom stereocenters. The molecular weight excluding hydrogens is 252 g/mol. The summed E-state index contributed by atoms with van der Waals surface area (Å²) >= 11 is 6.21. The second-order valence-electron chi connectivity index (χ2n) is 4.60. The number of hydrogen-bond acceptors (Lipinski definition) is 2. The predicted molar refractivity (Wildman–Crippen MR) is 75.5 cm³/mol. The molecule has 0 radical (unpaired) electrons. The topological polar surface area (TPSA) is 18.5 Å². The lowest BCUT2D eigenvalue weighted by Gasteiger charge is -2.12. The molecule has 1 aromatic carbocycles. The Morgan fingerprint density at radius 3 is 2.41 bits per heavy atom. The molecule has 96 valence electrons. The van der Waals surface area contributed by atoms with Gasteiger partial charge in [-0.25, -0.2) is 0 Å². The van der Waals surface area contributed by atoms with E-state index < -0.39 is 7.38 Å². The number of para-hydroxylation sites is 1. The Morgan fingerprint density at radius 1 is 1.06 bits per heavy atom. The number of benzene rings is 1. The summed E-state index contributed by atoms with van der Waals surface area (Å²) in [6.07, 6.45) is 1.05. The quantitative estimate of drug-likeness (QED) is 0.406. The first-order valence-corrected chi connectivity index (χ1v) is 10.2. The number of ether oxygens (including phenoxy) is 2. The van der Waals surface area contributed by atoms with E-state index in [-0.39, 0.29) is 0 Å². The molecule has 0 aliphatic rings. The summed E-state index contributed by atoms with van der Waals surface area (Å²) in [5, 5.41) is 0. The van der Waals surface area contributed by atoms with E-state index in [1.807, 2.05) is 30.3 Å². The van der Waals surface area contributed by atoms with Gasteiger partial charge in [-0.05, 0) is 24.6 Å². The van der Waals surface area contributed by atoms with Crippen LogP contribution in [0, 0.1) is 0 Å². The van der Waals surface area contributed by atoms with E-state index in [4.69, 9.17) is 20.6 Å². The zero-order chi connectivity index (χ0) is 12.6. The minimum atomic E-state index is -1.42. The molecule has 0 saturated heterocycles. The van der Waals surface area contributed by atoms with Crippen molar-refractivity contribution in [3.05, 3.63) is 30.3 Å². The van der Waals surface area contributed by atoms with Crippen molar-refractivity contribution >= 4 is 18.5 Å². The summed E-state index contributed by atoms with van der Waals surface area (Å²) in [5.41, 5.74) is 0. The van der Waals surface area contributed by atoms with Crippen LogP contribution in [0.15, 0.2) is 30.3 Å². The summed E-state index contributed by atoms with van der Waals surface area (Å²) in [7, 11) is -1.42. The molecule has 0 atom stereocenters. The molecule has 0 aliphatic heterocycles. The minimum absolute atomic E-state index is 0.603. The second kappa shape index (κ2) is 7.74. The van der Waals surface area contributed by atoms with E-state index >= 15 is 0 Å². The maximum atomic E-state index is 6.21. The van der Waals surface area contributed by atoms with Gasteiger partial charge in [-0.3, -0.25) is 0 Å². The van der Waals surface area contributed by atoms with Crippen molar-refractivity contribution in [2.45, 2.75) is 25.6 Å². The zero-order valence-corrected chi connectivity index (χ0v) is 12.4. The standard InChI is InChI=1S/C13H21ClO2Si/c1-17(2,14)12-6-9-15-10-11-16-13-7-4-3-5-8-13/h3-5,7-8H,6,9-12H2,1-2H3. The highest BCUT2D eigenvalue weighted by molar-refractivity contribution is 7.19. The van der Waals surface area contributed by atoms with E-state index in [9.17, 15) is 0 Å². The first kappa shape index (κ1) is 14.5. The third-order valence-electron chi connectivity index (χ3n) is 2.30. The van der Waals surface area contributed by atoms with Crippen molar-refractivity contribution in [3.63, 3.8) is 0 Å². The van der Waals surface area contributed by atoms with Crippen LogP contribution in [-0.4, -0.2) is 27.2 Å². The van der Waals surface area contributed by atoms with Gasteiger partial charge in [0.1, 0.15) is 12.4 Å². The molecule has 2 nitrogen and oxygen atoms in total. The Bertz CT molecular complexity index is 298. The second-order valence-corrected chi connectivity index (χ2v) is 11.6. The normalized spacial score (nSPS) is 11.5. The van der Waals surface area contributed by atoms with E-state index in [0.29, 0.717) is 13.2 Å². The van der Waals surface area contributed by atoms with Gasteiger partial charge in [0.15, 0.2) is 7.38 Å². The van der Waals surface area contributed by atoms with Crippen molar-refractivity contribution in [1.82, 2.24) is 0 Å². The zero-order valence-electron chi connectivity index (χ0n) is 10.6. The highest BCUT2D eigenvalue weighted by Crippen LogP contribution is 2.15. The maximum Gasteiger partial charge on any atom is 0.150 e. The predicted octanol–water partition coefficient (Wildman–Crippen LogP) is 3.92. The van der Waals surface area contributed by atoms with Crippen LogP contribution >= 0.6 is 11.1 Å². The first-order chi connectivity index (χ1) is 8.08. The molecule has 1 aromatic rings. The molecule has 0 N–H and O–H groups in total. The minimum Gasteiger partial charge on any atom is -0.491 e. The molecule has 0 amide bonds. The van der Waals surface area contributed by atoms with Gasteiger partial charge in [-0.1, -0.05) is 31.3 Å². The van der Waals surface area contributed by atoms with Crippen molar-refractivity contribution in [1.29, 1.82) is 0 Å². The number of halogens is 1. The lowest BCUT2D eigenvalue weighted by atomic mass is 10.3. The van der Waals surface area contributed by atoms with Crippen LogP contribution in [0.3, 0.4) is 0 Å². The Morgan fingerprint density at radius 2 is 1.76 bits per heavy atom. The molecule has 0 aromatic heterocycles. The van der Waals surface area contributed by atoms with Gasteiger partial charge in [0, 0.05) is 6.61 Å². The average molecular weight is 273 g/mol. The van der Waals surface area contributed by atoms with Crippen molar-refractivity contribution < 1.29 is 9.47 Å². The molecule has 4 heteroatoms. The lowest BCUT2D eigenvalue weighted by molar-refractivity contribution is 0.100. The summed E-state index contributed by atoms with van der Waals surface area (Å²) in [4.78, 5) is 0. The summed E-state index contributed by atoms with van der Waals surface area (Å²) in [5.74, 6) is 0.894. The number of hydrogen-bond donors (Lipinski definition) is 0. The Hall–Kier alpha value is -0.513. The van der Waals surface area contributed by atoms with Gasteiger partial charge in [-0.2, -0.15) is 11.1 Å². The van der Waals surface area contributed by atoms with Crippen molar-refractivity contribution in [3.8, 4) is 5.75 Å². The summed E-state index contributed by atoms with van der Waals surface area (Å²) in [6, 6.07) is 10.9. The van der Waals surface area contributed by atoms with Crippen molar-refractivity contribution in [2.24, 2.45) is 0 Å². The van der Waals surface area contributed by atoms with Crippen LogP contribution in [0.25, 0.3) is 0 Å². The Balaban J connectivity index is 1.95. The smallest absolute Gasteiger partial charge is 0.150 e. The van der Waals surface area contributed by atoms with Crippen LogP contribution in [0.1, 0.15) is 6.42 Å². The highest BCUT2D eigenvalue weighted by Gasteiger charge is 2.15. The first-order valence-electron chi connectivity index (χ1n) is 6.02. The summed E-state index contributed by atoms with van der Waals surface area (Å²) in [6.45, 7) is 6.34.